The van der Waals surface area contributed by atoms with E-state index in [1.165, 1.54) is 0 Å². The van der Waals surface area contributed by atoms with Crippen molar-refractivity contribution in [1.29, 1.82) is 0 Å². The molecule has 0 radical (unpaired) electrons. The van der Waals surface area contributed by atoms with E-state index in [0.717, 1.165) is 0 Å². The maximum atomic E-state index is 9.08. The molecule has 0 rings (SSSR count). The summed E-state index contributed by atoms with van der Waals surface area (Å²) in [6.07, 6.45) is 0. The molecule has 0 saturated carbocycles. The fourth-order valence-electron chi connectivity index (χ4n) is 0. The van der Waals surface area contributed by atoms with E-state index in [-0.39, 0.29) is 21.7 Å². The third-order valence-corrected chi connectivity index (χ3v) is 1.41. The summed E-state index contributed by atoms with van der Waals surface area (Å²) in [4.78, 5) is 35.7. The van der Waals surface area contributed by atoms with Gasteiger partial charge in [-0.25, -0.2) is 33.7 Å². The van der Waals surface area contributed by atoms with Crippen molar-refractivity contribution in [2.24, 2.45) is 0 Å². The van der Waals surface area contributed by atoms with Crippen LogP contribution in [0.1, 0.15) is 0 Å². The molecule has 0 spiro atoms. The van der Waals surface area contributed by atoms with E-state index in [1.54, 1.807) is 0 Å². The molecule has 0 saturated heterocycles. The molecule has 0 bridgehead atoms. The summed E-state index contributed by atoms with van der Waals surface area (Å²) in [5, 5.41) is 0. The zero-order valence-corrected chi connectivity index (χ0v) is 15.8. The molecule has 0 aromatic carbocycles. The molecular weight excluding hydrogens is 480 g/mol. The Bertz CT molecular complexity index is 622. The van der Waals surface area contributed by atoms with Crippen molar-refractivity contribution in [2.75, 3.05) is 0 Å². The van der Waals surface area contributed by atoms with Gasteiger partial charge in [0.25, 0.3) is 0 Å². The van der Waals surface area contributed by atoms with Crippen molar-refractivity contribution < 1.29 is 92.8 Å². The summed E-state index contributed by atoms with van der Waals surface area (Å²) in [7, 11) is -18.4. The van der Waals surface area contributed by atoms with Gasteiger partial charge in [0.05, 0.1) is 0 Å². The summed E-state index contributed by atoms with van der Waals surface area (Å²) in [5.74, 6) is 0. The summed E-state index contributed by atoms with van der Waals surface area (Å²) in [6.45, 7) is 0. The van der Waals surface area contributed by atoms with Gasteiger partial charge in [0.2, 0.25) is 22.5 Å². The van der Waals surface area contributed by atoms with Crippen LogP contribution >= 0.6 is 0 Å². The quantitative estimate of drug-likeness (QED) is 0.205. The molecule has 0 unspecified atom stereocenters. The summed E-state index contributed by atoms with van der Waals surface area (Å²) < 4.78 is 109. The Hall–Kier alpha value is -0.966. The van der Waals surface area contributed by atoms with Gasteiger partial charge in [0.15, 0.2) is 40.5 Å². The SMILES string of the molecule is O=CS(=O)(=O)[O-].O=CS(=O)(=O)[O-].O=CS(=O)(=O)[O-].O=CS(=O)(=O)[O-].[Ti+4]. The Balaban J connectivity index is -0.0000000702. The van der Waals surface area contributed by atoms with E-state index in [0.29, 0.717) is 0 Å². The minimum Gasteiger partial charge on any atom is -0.742 e. The van der Waals surface area contributed by atoms with Gasteiger partial charge in [-0.2, -0.15) is 0 Å². The largest absolute Gasteiger partial charge is 4.00 e. The third-order valence-electron chi connectivity index (χ3n) is 0.471. The molecular formula is C4H4O16S4Ti. The van der Waals surface area contributed by atoms with E-state index in [4.69, 9.17) is 71.1 Å². The van der Waals surface area contributed by atoms with Crippen LogP contribution in [0.5, 0.6) is 0 Å². The number of hydrogen-bond acceptors (Lipinski definition) is 16. The molecule has 0 atom stereocenters. The van der Waals surface area contributed by atoms with Crippen LogP contribution in [0.3, 0.4) is 0 Å². The maximum Gasteiger partial charge on any atom is 4.00 e. The van der Waals surface area contributed by atoms with Gasteiger partial charge >= 0.3 is 21.7 Å². The molecule has 25 heavy (non-hydrogen) atoms. The molecule has 0 aromatic rings. The second-order valence-electron chi connectivity index (χ2n) is 2.36. The smallest absolute Gasteiger partial charge is 0.742 e. The molecule has 0 fully saturated rings. The van der Waals surface area contributed by atoms with Crippen LogP contribution < -0.4 is 0 Å². The first-order valence-electron chi connectivity index (χ1n) is 3.89. The monoisotopic (exact) mass is 484 g/mol. The van der Waals surface area contributed by atoms with Crippen LogP contribution in [0.4, 0.5) is 0 Å². The van der Waals surface area contributed by atoms with Crippen molar-refractivity contribution >= 4 is 62.9 Å². The van der Waals surface area contributed by atoms with Gasteiger partial charge in [-0.3, -0.25) is 19.2 Å². The number of carbonyl (C=O) groups is 4. The first-order chi connectivity index (χ1) is 10.2. The van der Waals surface area contributed by atoms with Crippen LogP contribution in [0.15, 0.2) is 0 Å². The fourth-order valence-corrected chi connectivity index (χ4v) is 0. The molecule has 0 aliphatic rings. The van der Waals surface area contributed by atoms with E-state index in [2.05, 4.69) is 0 Å². The second-order valence-corrected chi connectivity index (χ2v) is 7.07. The maximum absolute atomic E-state index is 9.08. The minimum absolute atomic E-state index is 0. The first kappa shape index (κ1) is 35.2. The van der Waals surface area contributed by atoms with E-state index in [1.807, 2.05) is 0 Å². The van der Waals surface area contributed by atoms with Crippen LogP contribution in [0, 0.1) is 0 Å². The third kappa shape index (κ3) is 83.7. The Kier molecular flexibility index (Phi) is 21.5. The van der Waals surface area contributed by atoms with E-state index in [9.17, 15) is 0 Å². The predicted octanol–water partition coefficient (Wildman–Crippen LogP) is -5.12. The standard InChI is InChI=1S/4CH2O4S.Ti/c4*2-1-6(3,4)5;/h4*1H,(H,3,4,5);/q;;;;+4/p-4. The second kappa shape index (κ2) is 15.3. The predicted molar refractivity (Wildman–Crippen MR) is 65.8 cm³/mol. The summed E-state index contributed by atoms with van der Waals surface area (Å²) >= 11 is 0. The number of hydrogen-bond donors (Lipinski definition) is 0. The van der Waals surface area contributed by atoms with Gasteiger partial charge < -0.3 is 18.2 Å². The van der Waals surface area contributed by atoms with E-state index >= 15 is 0 Å². The average Bonchev–Trinajstić information content (AvgIpc) is 2.37. The molecule has 0 aliphatic carbocycles. The Labute approximate surface area is 155 Å². The number of rotatable bonds is 4. The fraction of sp³-hybridized carbons (Fsp3) is 0. The van der Waals surface area contributed by atoms with Gasteiger partial charge in [0, 0.05) is 0 Å². The van der Waals surface area contributed by atoms with Gasteiger partial charge in [0.1, 0.15) is 0 Å². The zero-order valence-electron chi connectivity index (χ0n) is 11.0. The Morgan fingerprint density at radius 3 is 0.440 bits per heavy atom. The summed E-state index contributed by atoms with van der Waals surface area (Å²) in [5.41, 5.74) is -2.58. The van der Waals surface area contributed by atoms with Crippen molar-refractivity contribution in [2.45, 2.75) is 0 Å². The molecule has 16 nitrogen and oxygen atoms in total. The molecule has 0 N–H and O–H groups in total. The average molecular weight is 484 g/mol. The molecule has 0 amide bonds. The van der Waals surface area contributed by atoms with Crippen molar-refractivity contribution in [3.8, 4) is 0 Å². The normalized spacial score (nSPS) is 10.4. The molecule has 0 aliphatic heterocycles. The van der Waals surface area contributed by atoms with Gasteiger partial charge in [-0.1, -0.05) is 0 Å². The van der Waals surface area contributed by atoms with Crippen molar-refractivity contribution in [3.63, 3.8) is 0 Å². The zero-order chi connectivity index (χ0) is 20.8. The van der Waals surface area contributed by atoms with E-state index < -0.39 is 62.9 Å². The van der Waals surface area contributed by atoms with Crippen LogP contribution in [0.25, 0.3) is 0 Å². The summed E-state index contributed by atoms with van der Waals surface area (Å²) in [6, 6.07) is 0. The molecule has 0 heterocycles. The van der Waals surface area contributed by atoms with Crippen molar-refractivity contribution in [3.05, 3.63) is 0 Å². The topological polar surface area (TPSA) is 297 Å². The van der Waals surface area contributed by atoms with Crippen LogP contribution in [-0.2, 0) is 81.4 Å². The van der Waals surface area contributed by atoms with Crippen LogP contribution in [0.2, 0.25) is 0 Å². The number of carbonyl (C=O) groups excluding carboxylic acids is 4. The minimum atomic E-state index is -4.59. The molecule has 0 aromatic heterocycles. The van der Waals surface area contributed by atoms with Crippen LogP contribution in [-0.4, -0.2) is 74.4 Å². The Morgan fingerprint density at radius 2 is 0.440 bits per heavy atom. The first-order valence-corrected chi connectivity index (χ1v) is 9.77. The van der Waals surface area contributed by atoms with Gasteiger partial charge in [-0.15, -0.1) is 0 Å². The molecule has 21 heteroatoms. The van der Waals surface area contributed by atoms with Crippen molar-refractivity contribution in [1.82, 2.24) is 0 Å². The molecule has 144 valence electrons. The Morgan fingerprint density at radius 1 is 0.400 bits per heavy atom. The van der Waals surface area contributed by atoms with Gasteiger partial charge in [-0.05, 0) is 0 Å².